The average Bonchev–Trinajstić information content (AvgIpc) is 2.55. The van der Waals surface area contributed by atoms with Crippen molar-refractivity contribution in [3.8, 4) is 0 Å². The summed E-state index contributed by atoms with van der Waals surface area (Å²) in [6, 6.07) is 7.03. The van der Waals surface area contributed by atoms with Gasteiger partial charge in [-0.25, -0.2) is 0 Å². The average molecular weight is 305 g/mol. The molecule has 2 amide bonds. The van der Waals surface area contributed by atoms with Crippen LogP contribution < -0.4 is 16.0 Å². The van der Waals surface area contributed by atoms with Gasteiger partial charge in [-0.3, -0.25) is 9.59 Å². The first kappa shape index (κ1) is 17.7. The lowest BCUT2D eigenvalue weighted by atomic mass is 10.2. The van der Waals surface area contributed by atoms with E-state index in [0.717, 1.165) is 12.1 Å². The van der Waals surface area contributed by atoms with Gasteiger partial charge in [0.25, 0.3) is 5.91 Å². The molecular formula is C16H23N3O3. The van der Waals surface area contributed by atoms with E-state index in [1.165, 1.54) is 0 Å². The lowest BCUT2D eigenvalue weighted by molar-refractivity contribution is -0.119. The molecule has 3 N–H and O–H groups in total. The molecule has 6 heteroatoms. The Morgan fingerprint density at radius 3 is 2.86 bits per heavy atom. The summed E-state index contributed by atoms with van der Waals surface area (Å²) < 4.78 is 4.93. The number of amides is 2. The number of carbonyl (C=O) groups is 2. The van der Waals surface area contributed by atoms with Gasteiger partial charge in [-0.15, -0.1) is 6.58 Å². The van der Waals surface area contributed by atoms with E-state index in [4.69, 9.17) is 4.74 Å². The van der Waals surface area contributed by atoms with E-state index < -0.39 is 0 Å². The Bertz CT molecular complexity index is 503. The summed E-state index contributed by atoms with van der Waals surface area (Å²) in [7, 11) is 1.63. The Morgan fingerprint density at radius 2 is 2.14 bits per heavy atom. The number of hydrogen-bond donors (Lipinski definition) is 3. The number of methoxy groups -OCH3 is 1. The predicted molar refractivity (Wildman–Crippen MR) is 87.0 cm³/mol. The molecule has 1 aromatic rings. The van der Waals surface area contributed by atoms with Crippen molar-refractivity contribution in [1.29, 1.82) is 0 Å². The minimum Gasteiger partial charge on any atom is -0.385 e. The highest BCUT2D eigenvalue weighted by molar-refractivity contribution is 5.95. The van der Waals surface area contributed by atoms with Gasteiger partial charge in [0.2, 0.25) is 5.91 Å². The van der Waals surface area contributed by atoms with Crippen LogP contribution in [0, 0.1) is 0 Å². The molecule has 0 radical (unpaired) electrons. The third kappa shape index (κ3) is 6.90. The van der Waals surface area contributed by atoms with E-state index in [2.05, 4.69) is 22.5 Å². The van der Waals surface area contributed by atoms with Crippen molar-refractivity contribution in [3.63, 3.8) is 0 Å². The first-order chi connectivity index (χ1) is 10.7. The first-order valence-electron chi connectivity index (χ1n) is 7.16. The minimum absolute atomic E-state index is 0.130. The third-order valence-electron chi connectivity index (χ3n) is 2.83. The van der Waals surface area contributed by atoms with Crippen molar-refractivity contribution in [3.05, 3.63) is 42.5 Å². The van der Waals surface area contributed by atoms with Gasteiger partial charge in [0, 0.05) is 38.1 Å². The Balaban J connectivity index is 2.45. The maximum absolute atomic E-state index is 12.0. The van der Waals surface area contributed by atoms with Gasteiger partial charge in [-0.05, 0) is 24.6 Å². The zero-order valence-corrected chi connectivity index (χ0v) is 12.9. The fraction of sp³-hybridized carbons (Fsp3) is 0.375. The van der Waals surface area contributed by atoms with Crippen molar-refractivity contribution in [2.24, 2.45) is 0 Å². The molecule has 0 bridgehead atoms. The number of rotatable bonds is 10. The maximum atomic E-state index is 12.0. The predicted octanol–water partition coefficient (Wildman–Crippen LogP) is 1.17. The molecule has 0 aromatic heterocycles. The minimum atomic E-state index is -0.143. The topological polar surface area (TPSA) is 79.5 Å². The van der Waals surface area contributed by atoms with E-state index in [1.807, 2.05) is 6.07 Å². The third-order valence-corrected chi connectivity index (χ3v) is 2.83. The smallest absolute Gasteiger partial charge is 0.251 e. The van der Waals surface area contributed by atoms with Crippen LogP contribution >= 0.6 is 0 Å². The van der Waals surface area contributed by atoms with Crippen LogP contribution in [0.5, 0.6) is 0 Å². The van der Waals surface area contributed by atoms with Gasteiger partial charge in [0.15, 0.2) is 0 Å². The van der Waals surface area contributed by atoms with Crippen LogP contribution in [0.15, 0.2) is 36.9 Å². The summed E-state index contributed by atoms with van der Waals surface area (Å²) in [4.78, 5) is 23.5. The summed E-state index contributed by atoms with van der Waals surface area (Å²) in [6.07, 6.45) is 2.39. The van der Waals surface area contributed by atoms with Crippen LogP contribution in [-0.4, -0.2) is 45.2 Å². The van der Waals surface area contributed by atoms with Gasteiger partial charge in [-0.1, -0.05) is 12.1 Å². The molecule has 0 aliphatic carbocycles. The lowest BCUT2D eigenvalue weighted by Gasteiger charge is -2.09. The number of nitrogens with one attached hydrogen (secondary N) is 3. The molecule has 0 heterocycles. The summed E-state index contributed by atoms with van der Waals surface area (Å²) in [5.74, 6) is -0.273. The molecule has 0 saturated carbocycles. The van der Waals surface area contributed by atoms with Crippen LogP contribution in [0.3, 0.4) is 0 Å². The largest absolute Gasteiger partial charge is 0.385 e. The Hall–Kier alpha value is -2.34. The summed E-state index contributed by atoms with van der Waals surface area (Å²) >= 11 is 0. The second kappa shape index (κ2) is 10.4. The molecule has 0 atom stereocenters. The fourth-order valence-corrected chi connectivity index (χ4v) is 1.72. The fourth-order valence-electron chi connectivity index (χ4n) is 1.72. The van der Waals surface area contributed by atoms with E-state index in [1.54, 1.807) is 31.4 Å². The number of benzene rings is 1. The number of anilines is 1. The number of carbonyl (C=O) groups excluding carboxylic acids is 2. The van der Waals surface area contributed by atoms with Crippen LogP contribution in [0.4, 0.5) is 5.69 Å². The highest BCUT2D eigenvalue weighted by Gasteiger charge is 2.06. The van der Waals surface area contributed by atoms with Gasteiger partial charge < -0.3 is 20.7 Å². The Morgan fingerprint density at radius 1 is 1.32 bits per heavy atom. The molecular weight excluding hydrogens is 282 g/mol. The van der Waals surface area contributed by atoms with Gasteiger partial charge in [-0.2, -0.15) is 0 Å². The van der Waals surface area contributed by atoms with Crippen molar-refractivity contribution in [1.82, 2.24) is 10.6 Å². The molecule has 1 aromatic carbocycles. The second-order valence-corrected chi connectivity index (χ2v) is 4.63. The van der Waals surface area contributed by atoms with Gasteiger partial charge in [0.1, 0.15) is 0 Å². The first-order valence-corrected chi connectivity index (χ1v) is 7.16. The standard InChI is InChI=1S/C16H23N3O3/c1-3-8-17-15(20)12-19-14-7-4-6-13(11-14)16(21)18-9-5-10-22-2/h3-4,6-7,11,19H,1,5,8-10,12H2,2H3,(H,17,20)(H,18,21). The molecule has 6 nitrogen and oxygen atoms in total. The molecule has 0 saturated heterocycles. The van der Waals surface area contributed by atoms with Gasteiger partial charge >= 0.3 is 0 Å². The van der Waals surface area contributed by atoms with E-state index in [9.17, 15) is 9.59 Å². The van der Waals surface area contributed by atoms with Crippen molar-refractivity contribution in [2.45, 2.75) is 6.42 Å². The zero-order valence-electron chi connectivity index (χ0n) is 12.9. The molecule has 0 unspecified atom stereocenters. The van der Waals surface area contributed by atoms with E-state index in [-0.39, 0.29) is 18.4 Å². The van der Waals surface area contributed by atoms with Crippen LogP contribution in [0.1, 0.15) is 16.8 Å². The van der Waals surface area contributed by atoms with E-state index in [0.29, 0.717) is 25.3 Å². The molecule has 0 spiro atoms. The quantitative estimate of drug-likeness (QED) is 0.448. The summed E-state index contributed by atoms with van der Waals surface area (Å²) in [5.41, 5.74) is 1.27. The normalized spacial score (nSPS) is 9.86. The lowest BCUT2D eigenvalue weighted by Crippen LogP contribution is -2.30. The number of hydrogen-bond acceptors (Lipinski definition) is 4. The van der Waals surface area contributed by atoms with Crippen molar-refractivity contribution in [2.75, 3.05) is 38.7 Å². The monoisotopic (exact) mass is 305 g/mol. The molecule has 0 fully saturated rings. The molecule has 22 heavy (non-hydrogen) atoms. The number of ether oxygens (including phenoxy) is 1. The zero-order chi connectivity index (χ0) is 16.2. The molecule has 120 valence electrons. The van der Waals surface area contributed by atoms with Crippen LogP contribution in [0.2, 0.25) is 0 Å². The molecule has 0 aliphatic heterocycles. The SMILES string of the molecule is C=CCNC(=O)CNc1cccc(C(=O)NCCCOC)c1. The van der Waals surface area contributed by atoms with E-state index >= 15 is 0 Å². The second-order valence-electron chi connectivity index (χ2n) is 4.63. The Kier molecular flexibility index (Phi) is 8.37. The molecule has 0 aliphatic rings. The molecule has 1 rings (SSSR count). The Labute approximate surface area is 130 Å². The van der Waals surface area contributed by atoms with Crippen LogP contribution in [0.25, 0.3) is 0 Å². The summed E-state index contributed by atoms with van der Waals surface area (Å²) in [5, 5.41) is 8.46. The van der Waals surface area contributed by atoms with Crippen molar-refractivity contribution >= 4 is 17.5 Å². The highest BCUT2D eigenvalue weighted by Crippen LogP contribution is 2.10. The highest BCUT2D eigenvalue weighted by atomic mass is 16.5. The van der Waals surface area contributed by atoms with Crippen LogP contribution in [-0.2, 0) is 9.53 Å². The van der Waals surface area contributed by atoms with Crippen molar-refractivity contribution < 1.29 is 14.3 Å². The summed E-state index contributed by atoms with van der Waals surface area (Å²) in [6.45, 7) is 5.29. The van der Waals surface area contributed by atoms with Gasteiger partial charge in [0.05, 0.1) is 6.54 Å². The maximum Gasteiger partial charge on any atom is 0.251 e.